The van der Waals surface area contributed by atoms with Gasteiger partial charge in [-0.1, -0.05) is 24.3 Å². The van der Waals surface area contributed by atoms with Gasteiger partial charge in [-0.15, -0.1) is 0 Å². The van der Waals surface area contributed by atoms with Gasteiger partial charge in [0.15, 0.2) is 0 Å². The summed E-state index contributed by atoms with van der Waals surface area (Å²) in [7, 11) is 0. The first-order valence-electron chi connectivity index (χ1n) is 7.43. The van der Waals surface area contributed by atoms with E-state index in [1.807, 2.05) is 0 Å². The van der Waals surface area contributed by atoms with E-state index in [-0.39, 0.29) is 17.9 Å². The molecule has 1 N–H and O–H groups in total. The topological polar surface area (TPSA) is 127 Å². The Morgan fingerprint density at radius 2 is 1.73 bits per heavy atom. The van der Waals surface area contributed by atoms with Crippen molar-refractivity contribution in [2.24, 2.45) is 0 Å². The average Bonchev–Trinajstić information content (AvgIpc) is 2.61. The maximum absolute atomic E-state index is 11.4. The van der Waals surface area contributed by atoms with Crippen LogP contribution in [0.5, 0.6) is 0 Å². The molecule has 0 heterocycles. The van der Waals surface area contributed by atoms with E-state index in [4.69, 9.17) is 0 Å². The van der Waals surface area contributed by atoms with Crippen molar-refractivity contribution in [1.29, 1.82) is 0 Å². The van der Waals surface area contributed by atoms with Crippen LogP contribution >= 0.6 is 11.9 Å². The summed E-state index contributed by atoms with van der Waals surface area (Å²) >= 11 is 0.962. The molecule has 0 spiro atoms. The second-order valence-corrected chi connectivity index (χ2v) is 6.42. The molecule has 2 aromatic carbocycles. The van der Waals surface area contributed by atoms with Gasteiger partial charge >= 0.3 is 5.97 Å². The van der Waals surface area contributed by atoms with Crippen molar-refractivity contribution in [3.8, 4) is 0 Å². The normalized spacial score (nSPS) is 11.9. The lowest BCUT2D eigenvalue weighted by atomic mass is 10.2. The summed E-state index contributed by atoms with van der Waals surface area (Å²) in [5.74, 6) is -1.09. The van der Waals surface area contributed by atoms with E-state index in [2.05, 4.69) is 0 Å². The first kappa shape index (κ1) is 19.3. The van der Waals surface area contributed by atoms with Crippen LogP contribution < -0.4 is 0 Å². The molecule has 0 aliphatic heterocycles. The van der Waals surface area contributed by atoms with E-state index in [0.717, 1.165) is 11.9 Å². The Morgan fingerprint density at radius 3 is 2.27 bits per heavy atom. The van der Waals surface area contributed by atoms with Gasteiger partial charge < -0.3 is 5.11 Å². The van der Waals surface area contributed by atoms with E-state index in [0.29, 0.717) is 10.5 Å². The second kappa shape index (κ2) is 8.41. The van der Waals surface area contributed by atoms with Crippen LogP contribution in [0.4, 0.5) is 11.4 Å². The van der Waals surface area contributed by atoms with E-state index in [1.54, 1.807) is 12.1 Å². The monoisotopic (exact) mass is 377 g/mol. The summed E-state index contributed by atoms with van der Waals surface area (Å²) in [6.07, 6.45) is 0. The van der Waals surface area contributed by atoms with Gasteiger partial charge in [0.2, 0.25) is 0 Å². The van der Waals surface area contributed by atoms with Crippen LogP contribution in [0.3, 0.4) is 0 Å². The number of hydrogen-bond acceptors (Lipinski definition) is 7. The molecule has 26 heavy (non-hydrogen) atoms. The molecule has 0 radical (unpaired) electrons. The minimum atomic E-state index is -1.09. The largest absolute Gasteiger partial charge is 0.480 e. The summed E-state index contributed by atoms with van der Waals surface area (Å²) in [5.41, 5.74) is 0.455. The van der Waals surface area contributed by atoms with Gasteiger partial charge in [-0.05, 0) is 30.5 Å². The van der Waals surface area contributed by atoms with Crippen LogP contribution in [-0.4, -0.2) is 31.3 Å². The Bertz CT molecular complexity index is 827. The Morgan fingerprint density at radius 1 is 1.12 bits per heavy atom. The molecule has 2 aromatic rings. The van der Waals surface area contributed by atoms with Crippen molar-refractivity contribution in [3.05, 3.63) is 74.3 Å². The van der Waals surface area contributed by atoms with E-state index in [9.17, 15) is 30.1 Å². The summed E-state index contributed by atoms with van der Waals surface area (Å²) in [4.78, 5) is 32.5. The molecule has 0 bridgehead atoms. The zero-order chi connectivity index (χ0) is 19.3. The van der Waals surface area contributed by atoms with Crippen molar-refractivity contribution >= 4 is 29.3 Å². The van der Waals surface area contributed by atoms with Gasteiger partial charge in [-0.3, -0.25) is 25.0 Å². The molecule has 9 nitrogen and oxygen atoms in total. The molecule has 0 aromatic heterocycles. The summed E-state index contributed by atoms with van der Waals surface area (Å²) in [6, 6.07) is 10.8. The molecule has 0 amide bonds. The molecular weight excluding hydrogens is 362 g/mol. The number of carbonyl (C=O) groups is 1. The smallest absolute Gasteiger partial charge is 0.321 e. The predicted octanol–water partition coefficient (Wildman–Crippen LogP) is 3.49. The Hall–Kier alpha value is -2.98. The maximum Gasteiger partial charge on any atom is 0.321 e. The fourth-order valence-electron chi connectivity index (χ4n) is 2.09. The first-order chi connectivity index (χ1) is 12.3. The highest BCUT2D eigenvalue weighted by atomic mass is 32.2. The third-order valence-electron chi connectivity index (χ3n) is 3.55. The van der Waals surface area contributed by atoms with E-state index >= 15 is 0 Å². The van der Waals surface area contributed by atoms with Crippen LogP contribution in [0.25, 0.3) is 0 Å². The standard InChI is InChI=1S/C16H15N3O6S/c1-11(16(20)21)17(10-12-6-8-13(9-7-12)18(22)23)26-15-5-3-2-4-14(15)19(24)25/h2-9,11H,10H2,1H3,(H,20,21)/t11-/m0/s1. The van der Waals surface area contributed by atoms with Gasteiger partial charge in [-0.2, -0.15) is 0 Å². The molecule has 0 fully saturated rings. The van der Waals surface area contributed by atoms with Crippen molar-refractivity contribution < 1.29 is 19.7 Å². The highest BCUT2D eigenvalue weighted by Crippen LogP contribution is 2.33. The van der Waals surface area contributed by atoms with Crippen molar-refractivity contribution in [2.75, 3.05) is 0 Å². The van der Waals surface area contributed by atoms with Crippen LogP contribution in [0, 0.1) is 20.2 Å². The van der Waals surface area contributed by atoms with Gasteiger partial charge in [0.1, 0.15) is 10.9 Å². The molecule has 0 saturated carbocycles. The number of carboxylic acids is 1. The zero-order valence-electron chi connectivity index (χ0n) is 13.6. The Kier molecular flexibility index (Phi) is 6.26. The fourth-order valence-corrected chi connectivity index (χ4v) is 3.18. The number of nitrogens with zero attached hydrogens (tertiary/aromatic N) is 3. The third kappa shape index (κ3) is 4.77. The lowest BCUT2D eigenvalue weighted by Crippen LogP contribution is -2.33. The van der Waals surface area contributed by atoms with Gasteiger partial charge in [0.05, 0.1) is 9.85 Å². The molecular formula is C16H15N3O6S. The number of hydrogen-bond donors (Lipinski definition) is 1. The first-order valence-corrected chi connectivity index (χ1v) is 8.21. The molecule has 10 heteroatoms. The van der Waals surface area contributed by atoms with Gasteiger partial charge in [0, 0.05) is 24.7 Å². The molecule has 136 valence electrons. The number of nitro benzene ring substituents is 2. The third-order valence-corrected chi connectivity index (χ3v) is 4.77. The fraction of sp³-hybridized carbons (Fsp3) is 0.188. The average molecular weight is 377 g/mol. The number of benzene rings is 2. The van der Waals surface area contributed by atoms with Crippen molar-refractivity contribution in [1.82, 2.24) is 4.31 Å². The Balaban J connectivity index is 2.28. The van der Waals surface area contributed by atoms with Gasteiger partial charge in [0.25, 0.3) is 11.4 Å². The second-order valence-electron chi connectivity index (χ2n) is 5.33. The molecule has 0 aliphatic rings. The summed E-state index contributed by atoms with van der Waals surface area (Å²) in [6.45, 7) is 1.61. The van der Waals surface area contributed by atoms with Crippen LogP contribution in [0.1, 0.15) is 12.5 Å². The predicted molar refractivity (Wildman–Crippen MR) is 94.7 cm³/mol. The highest BCUT2D eigenvalue weighted by Gasteiger charge is 2.25. The van der Waals surface area contributed by atoms with E-state index in [1.165, 1.54) is 47.6 Å². The maximum atomic E-state index is 11.4. The minimum Gasteiger partial charge on any atom is -0.480 e. The summed E-state index contributed by atoms with van der Waals surface area (Å²) < 4.78 is 1.48. The lowest BCUT2D eigenvalue weighted by Gasteiger charge is -2.24. The molecule has 1 atom stereocenters. The molecule has 0 saturated heterocycles. The lowest BCUT2D eigenvalue weighted by molar-refractivity contribution is -0.387. The molecule has 0 unspecified atom stereocenters. The number of carboxylic acid groups (broad SMARTS) is 1. The van der Waals surface area contributed by atoms with E-state index < -0.39 is 21.9 Å². The SMILES string of the molecule is C[C@@H](C(=O)O)N(Cc1ccc([N+](=O)[O-])cc1)Sc1ccccc1[N+](=O)[O-]. The van der Waals surface area contributed by atoms with Crippen LogP contribution in [0.2, 0.25) is 0 Å². The quantitative estimate of drug-likeness (QED) is 0.421. The van der Waals surface area contributed by atoms with Crippen molar-refractivity contribution in [3.63, 3.8) is 0 Å². The number of aliphatic carboxylic acids is 1. The van der Waals surface area contributed by atoms with Gasteiger partial charge in [-0.25, -0.2) is 4.31 Å². The summed E-state index contributed by atoms with van der Waals surface area (Å²) in [5, 5.41) is 31.2. The minimum absolute atomic E-state index is 0.0714. The van der Waals surface area contributed by atoms with Crippen LogP contribution in [-0.2, 0) is 11.3 Å². The molecule has 0 aliphatic carbocycles. The number of non-ortho nitro benzene ring substituents is 1. The number of para-hydroxylation sites is 1. The Labute approximate surface area is 152 Å². The molecule has 2 rings (SSSR count). The highest BCUT2D eigenvalue weighted by molar-refractivity contribution is 7.97. The number of nitro groups is 2. The van der Waals surface area contributed by atoms with Crippen LogP contribution in [0.15, 0.2) is 53.4 Å². The van der Waals surface area contributed by atoms with Crippen molar-refractivity contribution in [2.45, 2.75) is 24.4 Å². The zero-order valence-corrected chi connectivity index (χ0v) is 14.5. The number of rotatable bonds is 8.